The molecule has 5 nitrogen and oxygen atoms in total. The number of ether oxygens (including phenoxy) is 1. The Bertz CT molecular complexity index is 1210. The van der Waals surface area contributed by atoms with Crippen LogP contribution in [0.4, 0.5) is 11.4 Å². The van der Waals surface area contributed by atoms with E-state index in [-0.39, 0.29) is 17.9 Å². The zero-order valence-corrected chi connectivity index (χ0v) is 18.9. The summed E-state index contributed by atoms with van der Waals surface area (Å²) in [4.78, 5) is 31.8. The summed E-state index contributed by atoms with van der Waals surface area (Å²) in [6.45, 7) is 4.55. The Morgan fingerprint density at radius 1 is 0.906 bits per heavy atom. The van der Waals surface area contributed by atoms with E-state index in [1.807, 2.05) is 66.6 Å². The van der Waals surface area contributed by atoms with Crippen LogP contribution in [0.3, 0.4) is 0 Å². The molecule has 0 atom stereocenters. The van der Waals surface area contributed by atoms with E-state index in [9.17, 15) is 9.59 Å². The number of aryl methyl sites for hydroxylation is 1. The van der Waals surface area contributed by atoms with Crippen LogP contribution in [0.25, 0.3) is 5.57 Å². The van der Waals surface area contributed by atoms with Crippen LogP contribution in [0.2, 0.25) is 0 Å². The molecule has 2 aliphatic rings. The van der Waals surface area contributed by atoms with Crippen molar-refractivity contribution in [2.24, 2.45) is 0 Å². The Balaban J connectivity index is 1.66. The highest BCUT2D eigenvalue weighted by atomic mass is 32.1. The van der Waals surface area contributed by atoms with Crippen molar-refractivity contribution in [3.8, 4) is 5.75 Å². The molecule has 2 aliphatic heterocycles. The monoisotopic (exact) mass is 444 g/mol. The molecule has 0 aliphatic carbocycles. The fraction of sp³-hybridized carbons (Fsp3) is 0.231. The van der Waals surface area contributed by atoms with Crippen molar-refractivity contribution in [3.63, 3.8) is 0 Å². The number of amides is 2. The van der Waals surface area contributed by atoms with E-state index in [4.69, 9.17) is 4.74 Å². The average molecular weight is 445 g/mol. The number of hydrogen-bond donors (Lipinski definition) is 0. The van der Waals surface area contributed by atoms with Crippen molar-refractivity contribution in [3.05, 3.63) is 82.2 Å². The minimum Gasteiger partial charge on any atom is -0.489 e. The van der Waals surface area contributed by atoms with Gasteiger partial charge in [-0.25, -0.2) is 4.90 Å². The standard InChI is InChI=1S/C26H24N2O3S/c1-17(2)31-21-13-6-5-12-20(21)28-25(29)23(22-14-8-16-32-22)24(26(28)30)27-15-7-10-18-9-3-4-11-19(18)27/h3-6,8-9,11-14,16-17H,7,10,15H2,1-2H3. The molecular formula is C26H24N2O3S. The van der Waals surface area contributed by atoms with Gasteiger partial charge in [-0.2, -0.15) is 0 Å². The molecular weight excluding hydrogens is 420 g/mol. The topological polar surface area (TPSA) is 49.9 Å². The predicted octanol–water partition coefficient (Wildman–Crippen LogP) is 5.27. The molecule has 6 heteroatoms. The Morgan fingerprint density at radius 2 is 1.66 bits per heavy atom. The molecule has 1 aromatic heterocycles. The summed E-state index contributed by atoms with van der Waals surface area (Å²) in [5, 5.41) is 1.93. The third-order valence-electron chi connectivity index (χ3n) is 5.68. The molecule has 2 aromatic carbocycles. The maximum atomic E-state index is 13.9. The number of carbonyl (C=O) groups excluding carboxylic acids is 2. The number of rotatable bonds is 5. The maximum absolute atomic E-state index is 13.9. The van der Waals surface area contributed by atoms with Crippen molar-refractivity contribution >= 4 is 40.1 Å². The Kier molecular flexibility index (Phi) is 5.31. The number of para-hydroxylation sites is 3. The van der Waals surface area contributed by atoms with Crippen molar-refractivity contribution in [1.82, 2.24) is 0 Å². The van der Waals surface area contributed by atoms with Crippen LogP contribution >= 0.6 is 11.3 Å². The summed E-state index contributed by atoms with van der Waals surface area (Å²) in [6, 6.07) is 19.2. The van der Waals surface area contributed by atoms with Crippen LogP contribution in [-0.2, 0) is 16.0 Å². The van der Waals surface area contributed by atoms with Crippen LogP contribution in [0, 0.1) is 0 Å². The first-order valence-electron chi connectivity index (χ1n) is 10.8. The first-order valence-corrected chi connectivity index (χ1v) is 11.7. The SMILES string of the molecule is CC(C)Oc1ccccc1N1C(=O)C(c2cccs2)=C(N2CCCc3ccccc32)C1=O. The van der Waals surface area contributed by atoms with Gasteiger partial charge in [0.1, 0.15) is 11.4 Å². The van der Waals surface area contributed by atoms with Gasteiger partial charge < -0.3 is 9.64 Å². The molecule has 0 unspecified atom stereocenters. The molecule has 0 spiro atoms. The van der Waals surface area contributed by atoms with Crippen LogP contribution in [-0.4, -0.2) is 24.5 Å². The Morgan fingerprint density at radius 3 is 2.41 bits per heavy atom. The molecule has 3 heterocycles. The molecule has 162 valence electrons. The van der Waals surface area contributed by atoms with Crippen LogP contribution in [0.15, 0.2) is 71.7 Å². The molecule has 0 fully saturated rings. The Labute approximate surface area is 191 Å². The molecule has 5 rings (SSSR count). The third-order valence-corrected chi connectivity index (χ3v) is 6.56. The molecule has 0 saturated heterocycles. The third kappa shape index (κ3) is 3.41. The summed E-state index contributed by atoms with van der Waals surface area (Å²) in [5.41, 5.74) is 3.58. The van der Waals surface area contributed by atoms with E-state index in [1.165, 1.54) is 21.8 Å². The second-order valence-corrected chi connectivity index (χ2v) is 9.11. The lowest BCUT2D eigenvalue weighted by Crippen LogP contribution is -2.37. The maximum Gasteiger partial charge on any atom is 0.282 e. The van der Waals surface area contributed by atoms with Crippen molar-refractivity contribution in [2.75, 3.05) is 16.3 Å². The van der Waals surface area contributed by atoms with Gasteiger partial charge in [0.25, 0.3) is 11.8 Å². The highest BCUT2D eigenvalue weighted by Crippen LogP contribution is 2.42. The number of anilines is 2. The normalized spacial score (nSPS) is 16.2. The van der Waals surface area contributed by atoms with Gasteiger partial charge in [0, 0.05) is 17.1 Å². The summed E-state index contributed by atoms with van der Waals surface area (Å²) in [7, 11) is 0. The van der Waals surface area contributed by atoms with E-state index in [0.29, 0.717) is 29.3 Å². The first-order chi connectivity index (χ1) is 15.6. The number of imide groups is 1. The molecule has 0 bridgehead atoms. The van der Waals surface area contributed by atoms with Gasteiger partial charge in [0.15, 0.2) is 0 Å². The first kappa shape index (κ1) is 20.5. The smallest absolute Gasteiger partial charge is 0.282 e. The zero-order chi connectivity index (χ0) is 22.2. The van der Waals surface area contributed by atoms with Crippen LogP contribution < -0.4 is 14.5 Å². The van der Waals surface area contributed by atoms with E-state index in [0.717, 1.165) is 23.4 Å². The summed E-state index contributed by atoms with van der Waals surface area (Å²) < 4.78 is 5.94. The Hall–Kier alpha value is -3.38. The van der Waals surface area contributed by atoms with Gasteiger partial charge in [0.2, 0.25) is 0 Å². The average Bonchev–Trinajstić information content (AvgIpc) is 3.40. The zero-order valence-electron chi connectivity index (χ0n) is 18.1. The molecule has 0 radical (unpaired) electrons. The second-order valence-electron chi connectivity index (χ2n) is 8.16. The molecule has 0 saturated carbocycles. The predicted molar refractivity (Wildman–Crippen MR) is 128 cm³/mol. The lowest BCUT2D eigenvalue weighted by molar-refractivity contribution is -0.120. The minimum atomic E-state index is -0.310. The second kappa shape index (κ2) is 8.28. The number of thiophene rings is 1. The van der Waals surface area contributed by atoms with E-state index in [1.54, 1.807) is 12.1 Å². The van der Waals surface area contributed by atoms with Gasteiger partial charge in [-0.1, -0.05) is 36.4 Å². The van der Waals surface area contributed by atoms with E-state index < -0.39 is 0 Å². The van der Waals surface area contributed by atoms with Crippen molar-refractivity contribution in [2.45, 2.75) is 32.8 Å². The largest absolute Gasteiger partial charge is 0.489 e. The number of fused-ring (bicyclic) bond motifs is 1. The lowest BCUT2D eigenvalue weighted by Gasteiger charge is -2.32. The van der Waals surface area contributed by atoms with Gasteiger partial charge >= 0.3 is 0 Å². The molecule has 32 heavy (non-hydrogen) atoms. The number of benzene rings is 2. The highest BCUT2D eigenvalue weighted by molar-refractivity contribution is 7.11. The highest BCUT2D eigenvalue weighted by Gasteiger charge is 2.44. The summed E-state index contributed by atoms with van der Waals surface area (Å²) in [6.07, 6.45) is 1.81. The number of carbonyl (C=O) groups is 2. The summed E-state index contributed by atoms with van der Waals surface area (Å²) in [5.74, 6) is -0.0970. The van der Waals surface area contributed by atoms with Gasteiger partial charge in [-0.3, -0.25) is 9.59 Å². The lowest BCUT2D eigenvalue weighted by atomic mass is 10.00. The molecule has 3 aromatic rings. The van der Waals surface area contributed by atoms with E-state index in [2.05, 4.69) is 6.07 Å². The minimum absolute atomic E-state index is 0.0814. The van der Waals surface area contributed by atoms with Crippen molar-refractivity contribution < 1.29 is 14.3 Å². The van der Waals surface area contributed by atoms with Gasteiger partial charge in [-0.05, 0) is 61.9 Å². The van der Waals surface area contributed by atoms with Gasteiger partial charge in [0.05, 0.1) is 17.4 Å². The fourth-order valence-corrected chi connectivity index (χ4v) is 5.15. The number of hydrogen-bond acceptors (Lipinski definition) is 5. The fourth-order valence-electron chi connectivity index (χ4n) is 4.39. The van der Waals surface area contributed by atoms with Crippen LogP contribution in [0.1, 0.15) is 30.7 Å². The number of nitrogens with zero attached hydrogens (tertiary/aromatic N) is 2. The van der Waals surface area contributed by atoms with E-state index >= 15 is 0 Å². The quantitative estimate of drug-likeness (QED) is 0.503. The van der Waals surface area contributed by atoms with Crippen molar-refractivity contribution in [1.29, 1.82) is 0 Å². The molecule has 0 N–H and O–H groups in total. The molecule has 2 amide bonds. The van der Waals surface area contributed by atoms with Gasteiger partial charge in [-0.15, -0.1) is 11.3 Å². The summed E-state index contributed by atoms with van der Waals surface area (Å²) >= 11 is 1.47. The van der Waals surface area contributed by atoms with Crippen LogP contribution in [0.5, 0.6) is 5.75 Å².